The third-order valence-electron chi connectivity index (χ3n) is 0.744. The van der Waals surface area contributed by atoms with Gasteiger partial charge in [0.1, 0.15) is 0 Å². The molecule has 0 aliphatic heterocycles. The molecule has 0 aromatic heterocycles. The third-order valence-corrected chi connectivity index (χ3v) is 0.744. The van der Waals surface area contributed by atoms with E-state index in [1.165, 1.54) is 0 Å². The van der Waals surface area contributed by atoms with E-state index in [0.717, 1.165) is 12.8 Å². The molecule has 44 valence electrons. The molecule has 3 heteroatoms. The summed E-state index contributed by atoms with van der Waals surface area (Å²) in [7, 11) is 0. The standard InChI is InChI=1S/C5H10O2.Li.H/c1-2-3-4-5(6)7;;/h2-4H2,1H3,(H,6,7);;. The second kappa shape index (κ2) is 7.07. The normalized spacial score (nSPS) is 7.62. The van der Waals surface area contributed by atoms with E-state index in [4.69, 9.17) is 5.11 Å². The first kappa shape index (κ1) is 10.9. The van der Waals surface area contributed by atoms with Crippen LogP contribution in [0.4, 0.5) is 0 Å². The number of hydrogen-bond acceptors (Lipinski definition) is 1. The van der Waals surface area contributed by atoms with Crippen molar-refractivity contribution in [3.8, 4) is 0 Å². The molecule has 8 heavy (non-hydrogen) atoms. The van der Waals surface area contributed by atoms with Crippen molar-refractivity contribution in [3.05, 3.63) is 0 Å². The van der Waals surface area contributed by atoms with E-state index in [9.17, 15) is 4.79 Å². The molecule has 0 aliphatic rings. The van der Waals surface area contributed by atoms with Gasteiger partial charge in [0, 0.05) is 6.42 Å². The number of unbranched alkanes of at least 4 members (excludes halogenated alkanes) is 1. The Kier molecular flexibility index (Phi) is 9.67. The summed E-state index contributed by atoms with van der Waals surface area (Å²) in [5.74, 6) is -0.693. The summed E-state index contributed by atoms with van der Waals surface area (Å²) < 4.78 is 0. The molecule has 0 aromatic rings. The Morgan fingerprint density at radius 3 is 2.25 bits per heavy atom. The van der Waals surface area contributed by atoms with Gasteiger partial charge in [-0.05, 0) is 6.42 Å². The fraction of sp³-hybridized carbons (Fsp3) is 0.800. The van der Waals surface area contributed by atoms with Gasteiger partial charge in [-0.1, -0.05) is 13.3 Å². The van der Waals surface area contributed by atoms with Gasteiger partial charge >= 0.3 is 24.8 Å². The van der Waals surface area contributed by atoms with Crippen molar-refractivity contribution in [3.63, 3.8) is 0 Å². The number of rotatable bonds is 3. The van der Waals surface area contributed by atoms with E-state index in [-0.39, 0.29) is 18.9 Å². The quantitative estimate of drug-likeness (QED) is 0.540. The van der Waals surface area contributed by atoms with Crippen molar-refractivity contribution in [1.29, 1.82) is 0 Å². The van der Waals surface area contributed by atoms with Crippen LogP contribution >= 0.6 is 0 Å². The van der Waals surface area contributed by atoms with Crippen LogP contribution in [0, 0.1) is 0 Å². The van der Waals surface area contributed by atoms with E-state index in [1.54, 1.807) is 0 Å². The van der Waals surface area contributed by atoms with Crippen molar-refractivity contribution < 1.29 is 9.90 Å². The maximum absolute atomic E-state index is 9.76. The SMILES string of the molecule is CCCCC(=O)O.[LiH]. The Balaban J connectivity index is 0. The minimum atomic E-state index is -0.693. The van der Waals surface area contributed by atoms with Gasteiger partial charge in [-0.15, -0.1) is 0 Å². The third kappa shape index (κ3) is 9.42. The molecule has 0 unspecified atom stereocenters. The fourth-order valence-electron chi connectivity index (χ4n) is 0.328. The van der Waals surface area contributed by atoms with Crippen molar-refractivity contribution in [2.24, 2.45) is 0 Å². The molecule has 0 rings (SSSR count). The minimum absolute atomic E-state index is 0. The summed E-state index contributed by atoms with van der Waals surface area (Å²) >= 11 is 0. The molecular weight excluding hydrogens is 99.0 g/mol. The number of aliphatic carboxylic acids is 1. The number of hydrogen-bond donors (Lipinski definition) is 1. The first-order chi connectivity index (χ1) is 3.27. The average Bonchev–Trinajstić information content (AvgIpc) is 1.61. The molecule has 0 aliphatic carbocycles. The average molecular weight is 110 g/mol. The summed E-state index contributed by atoms with van der Waals surface area (Å²) in [6, 6.07) is 0. The molecule has 0 amide bonds. The second-order valence-corrected chi connectivity index (χ2v) is 1.50. The summed E-state index contributed by atoms with van der Waals surface area (Å²) in [5, 5.41) is 8.04. The molecule has 0 heterocycles. The van der Waals surface area contributed by atoms with Gasteiger partial charge in [0.15, 0.2) is 0 Å². The van der Waals surface area contributed by atoms with E-state index in [1.807, 2.05) is 6.92 Å². The van der Waals surface area contributed by atoms with E-state index in [2.05, 4.69) is 0 Å². The zero-order valence-electron chi connectivity index (χ0n) is 4.48. The van der Waals surface area contributed by atoms with Crippen LogP contribution in [0.3, 0.4) is 0 Å². The van der Waals surface area contributed by atoms with Crippen LogP contribution < -0.4 is 0 Å². The van der Waals surface area contributed by atoms with Gasteiger partial charge in [-0.25, -0.2) is 0 Å². The summed E-state index contributed by atoms with van der Waals surface area (Å²) in [6.45, 7) is 1.98. The molecule has 1 N–H and O–H groups in total. The van der Waals surface area contributed by atoms with Crippen LogP contribution in [-0.4, -0.2) is 29.9 Å². The predicted octanol–water partition coefficient (Wildman–Crippen LogP) is 0.613. The molecule has 0 saturated heterocycles. The fourth-order valence-corrected chi connectivity index (χ4v) is 0.328. The summed E-state index contributed by atoms with van der Waals surface area (Å²) in [4.78, 5) is 9.76. The molecule has 0 aromatic carbocycles. The van der Waals surface area contributed by atoms with E-state index >= 15 is 0 Å². The number of carboxylic acid groups (broad SMARTS) is 1. The van der Waals surface area contributed by atoms with Crippen molar-refractivity contribution in [2.75, 3.05) is 0 Å². The summed E-state index contributed by atoms with van der Waals surface area (Å²) in [6.07, 6.45) is 2.08. The number of carbonyl (C=O) groups is 1. The van der Waals surface area contributed by atoms with Crippen LogP contribution in [0.2, 0.25) is 0 Å². The van der Waals surface area contributed by atoms with Crippen molar-refractivity contribution in [2.45, 2.75) is 26.2 Å². The molecule has 0 atom stereocenters. The molecule has 2 nitrogen and oxygen atoms in total. The van der Waals surface area contributed by atoms with Gasteiger partial charge < -0.3 is 5.11 Å². The van der Waals surface area contributed by atoms with Gasteiger partial charge in [0.25, 0.3) is 0 Å². The molecule has 0 fully saturated rings. The van der Waals surface area contributed by atoms with Crippen molar-refractivity contribution in [1.82, 2.24) is 0 Å². The molecule has 0 radical (unpaired) electrons. The maximum atomic E-state index is 9.76. The van der Waals surface area contributed by atoms with Gasteiger partial charge in [0.05, 0.1) is 0 Å². The van der Waals surface area contributed by atoms with Crippen LogP contribution in [-0.2, 0) is 4.79 Å². The predicted molar refractivity (Wildman–Crippen MR) is 34.3 cm³/mol. The Hall–Kier alpha value is 0.0674. The second-order valence-electron chi connectivity index (χ2n) is 1.50. The Morgan fingerprint density at radius 1 is 1.62 bits per heavy atom. The van der Waals surface area contributed by atoms with E-state index < -0.39 is 5.97 Å². The zero-order chi connectivity index (χ0) is 5.70. The van der Waals surface area contributed by atoms with E-state index in [0.29, 0.717) is 6.42 Å². The zero-order valence-corrected chi connectivity index (χ0v) is 4.48. The Labute approximate surface area is 61.5 Å². The summed E-state index contributed by atoms with van der Waals surface area (Å²) in [5.41, 5.74) is 0. The molecule has 0 saturated carbocycles. The Morgan fingerprint density at radius 2 is 2.12 bits per heavy atom. The van der Waals surface area contributed by atoms with Crippen LogP contribution in [0.25, 0.3) is 0 Å². The van der Waals surface area contributed by atoms with Crippen LogP contribution in [0.15, 0.2) is 0 Å². The topological polar surface area (TPSA) is 37.3 Å². The first-order valence-electron chi connectivity index (χ1n) is 2.49. The number of carboxylic acids is 1. The van der Waals surface area contributed by atoms with Crippen molar-refractivity contribution >= 4 is 24.8 Å². The first-order valence-corrected chi connectivity index (χ1v) is 2.49. The van der Waals surface area contributed by atoms with Gasteiger partial charge in [-0.3, -0.25) is 4.79 Å². The molecular formula is C5H11LiO2. The molecule has 0 spiro atoms. The van der Waals surface area contributed by atoms with Gasteiger partial charge in [0.2, 0.25) is 0 Å². The Bertz CT molecular complexity index is 63.4. The monoisotopic (exact) mass is 110 g/mol. The van der Waals surface area contributed by atoms with Crippen LogP contribution in [0.1, 0.15) is 26.2 Å². The van der Waals surface area contributed by atoms with Gasteiger partial charge in [-0.2, -0.15) is 0 Å². The molecule has 0 bridgehead atoms. The van der Waals surface area contributed by atoms with Crippen LogP contribution in [0.5, 0.6) is 0 Å².